The second-order valence-electron chi connectivity index (χ2n) is 6.20. The number of amides is 1. The molecule has 1 amide bonds. The van der Waals surface area contributed by atoms with Crippen molar-refractivity contribution in [3.8, 4) is 0 Å². The minimum absolute atomic E-state index is 0.116. The third kappa shape index (κ3) is 5.52. The Morgan fingerprint density at radius 3 is 2.48 bits per heavy atom. The highest BCUT2D eigenvalue weighted by atomic mass is 16.5. The Labute approximate surface area is 167 Å². The fourth-order valence-corrected chi connectivity index (χ4v) is 2.62. The van der Waals surface area contributed by atoms with Crippen molar-refractivity contribution in [1.29, 1.82) is 0 Å². The molecule has 0 saturated heterocycles. The molecule has 1 heterocycles. The average molecular weight is 389 g/mol. The van der Waals surface area contributed by atoms with Gasteiger partial charge in [0.1, 0.15) is 5.76 Å². The zero-order chi connectivity index (χ0) is 20.6. The Bertz CT molecular complexity index is 1020. The first-order valence-corrected chi connectivity index (χ1v) is 8.92. The van der Waals surface area contributed by atoms with Gasteiger partial charge in [-0.3, -0.25) is 9.59 Å². The maximum atomic E-state index is 12.8. The van der Waals surface area contributed by atoms with Gasteiger partial charge >= 0.3 is 5.97 Å². The normalized spacial score (nSPS) is 11.8. The lowest BCUT2D eigenvalue weighted by Crippen LogP contribution is -2.25. The van der Waals surface area contributed by atoms with Crippen molar-refractivity contribution in [1.82, 2.24) is 0 Å². The number of hydrogen-bond acceptors (Lipinski definition) is 5. The summed E-state index contributed by atoms with van der Waals surface area (Å²) in [4.78, 5) is 36.6. The molecule has 2 aromatic carbocycles. The van der Waals surface area contributed by atoms with Gasteiger partial charge in [-0.1, -0.05) is 42.5 Å². The summed E-state index contributed by atoms with van der Waals surface area (Å²) >= 11 is 0. The number of carbonyl (C=O) groups is 3. The van der Waals surface area contributed by atoms with Gasteiger partial charge in [0, 0.05) is 22.9 Å². The van der Waals surface area contributed by atoms with Crippen LogP contribution in [0.15, 0.2) is 83.5 Å². The van der Waals surface area contributed by atoms with Gasteiger partial charge in [0.05, 0.1) is 6.26 Å². The number of ether oxygens (including phenoxy) is 1. The molecule has 0 fully saturated rings. The van der Waals surface area contributed by atoms with Crippen LogP contribution in [0.1, 0.15) is 34.7 Å². The molecule has 29 heavy (non-hydrogen) atoms. The van der Waals surface area contributed by atoms with Gasteiger partial charge in [-0.25, -0.2) is 4.79 Å². The molecule has 1 aromatic heterocycles. The molecule has 0 aliphatic rings. The molecular formula is C23H19NO5. The molecule has 146 valence electrons. The van der Waals surface area contributed by atoms with Crippen molar-refractivity contribution in [3.63, 3.8) is 0 Å². The number of furan rings is 1. The fraction of sp³-hybridized carbons (Fsp3) is 0.0870. The highest BCUT2D eigenvalue weighted by molar-refractivity contribution is 5.99. The molecule has 0 unspecified atom stereocenters. The minimum atomic E-state index is -1.16. The lowest BCUT2D eigenvalue weighted by molar-refractivity contribution is -0.149. The zero-order valence-electron chi connectivity index (χ0n) is 15.7. The predicted molar refractivity (Wildman–Crippen MR) is 108 cm³/mol. The first kappa shape index (κ1) is 19.8. The quantitative estimate of drug-likeness (QED) is 0.367. The van der Waals surface area contributed by atoms with Gasteiger partial charge in [0.15, 0.2) is 5.78 Å². The number of carbonyl (C=O) groups excluding carboxylic acids is 3. The summed E-state index contributed by atoms with van der Waals surface area (Å²) < 4.78 is 10.5. The van der Waals surface area contributed by atoms with Crippen LogP contribution in [-0.2, 0) is 14.3 Å². The monoisotopic (exact) mass is 389 g/mol. The summed E-state index contributed by atoms with van der Waals surface area (Å²) in [6, 6.07) is 18.6. The fourth-order valence-electron chi connectivity index (χ4n) is 2.62. The van der Waals surface area contributed by atoms with E-state index in [9.17, 15) is 14.4 Å². The van der Waals surface area contributed by atoms with E-state index >= 15 is 0 Å². The van der Waals surface area contributed by atoms with E-state index < -0.39 is 18.0 Å². The smallest absolute Gasteiger partial charge is 0.332 e. The second kappa shape index (κ2) is 9.32. The lowest BCUT2D eigenvalue weighted by atomic mass is 10.1. The highest BCUT2D eigenvalue weighted by Crippen LogP contribution is 2.21. The van der Waals surface area contributed by atoms with Gasteiger partial charge in [-0.15, -0.1) is 0 Å². The van der Waals surface area contributed by atoms with Gasteiger partial charge in [-0.2, -0.15) is 0 Å². The van der Waals surface area contributed by atoms with E-state index in [-0.39, 0.29) is 5.78 Å². The topological polar surface area (TPSA) is 85.6 Å². The number of ketones is 1. The maximum Gasteiger partial charge on any atom is 0.332 e. The molecule has 0 saturated carbocycles. The van der Waals surface area contributed by atoms with E-state index in [1.165, 1.54) is 25.3 Å². The molecule has 0 aliphatic carbocycles. The third-order valence-electron chi connectivity index (χ3n) is 4.04. The molecule has 1 N–H and O–H groups in total. The van der Waals surface area contributed by atoms with E-state index in [1.807, 2.05) is 0 Å². The van der Waals surface area contributed by atoms with Crippen molar-refractivity contribution < 1.29 is 23.5 Å². The van der Waals surface area contributed by atoms with Crippen LogP contribution in [-0.4, -0.2) is 17.7 Å². The molecule has 6 heteroatoms. The SMILES string of the molecule is CC(=O)c1cccc(NC(=O)[C@@H](OC(=O)/C=C/c2ccco2)c2ccccc2)c1. The van der Waals surface area contributed by atoms with Crippen LogP contribution in [0.5, 0.6) is 0 Å². The molecule has 0 bridgehead atoms. The standard InChI is InChI=1S/C23H19NO5/c1-16(25)18-9-5-10-19(15-18)24-23(27)22(17-7-3-2-4-8-17)29-21(26)13-12-20-11-6-14-28-20/h2-15,22H,1H3,(H,24,27)/b13-12+/t22-/m0/s1. The summed E-state index contributed by atoms with van der Waals surface area (Å²) in [5, 5.41) is 2.70. The first-order chi connectivity index (χ1) is 14.0. The Morgan fingerprint density at radius 1 is 1.00 bits per heavy atom. The summed E-state index contributed by atoms with van der Waals surface area (Å²) in [5.41, 5.74) is 1.43. The highest BCUT2D eigenvalue weighted by Gasteiger charge is 2.24. The average Bonchev–Trinajstić information content (AvgIpc) is 3.25. The first-order valence-electron chi connectivity index (χ1n) is 8.92. The number of anilines is 1. The van der Waals surface area contributed by atoms with Gasteiger partial charge in [-0.05, 0) is 37.3 Å². The van der Waals surface area contributed by atoms with Gasteiger partial charge < -0.3 is 14.5 Å². The van der Waals surface area contributed by atoms with Crippen LogP contribution in [0.25, 0.3) is 6.08 Å². The van der Waals surface area contributed by atoms with Crippen LogP contribution in [0.4, 0.5) is 5.69 Å². The van der Waals surface area contributed by atoms with Crippen LogP contribution >= 0.6 is 0 Å². The zero-order valence-corrected chi connectivity index (χ0v) is 15.7. The van der Waals surface area contributed by atoms with Crippen LogP contribution in [0.3, 0.4) is 0 Å². The van der Waals surface area contributed by atoms with Crippen molar-refractivity contribution >= 4 is 29.4 Å². The molecule has 1 atom stereocenters. The molecule has 0 radical (unpaired) electrons. The lowest BCUT2D eigenvalue weighted by Gasteiger charge is -2.17. The molecule has 0 aliphatic heterocycles. The van der Waals surface area contributed by atoms with Gasteiger partial charge in [0.2, 0.25) is 6.10 Å². The molecule has 6 nitrogen and oxygen atoms in total. The molecule has 3 aromatic rings. The molecule has 0 spiro atoms. The summed E-state index contributed by atoms with van der Waals surface area (Å²) in [7, 11) is 0. The van der Waals surface area contributed by atoms with Crippen molar-refractivity contribution in [2.75, 3.05) is 5.32 Å². The van der Waals surface area contributed by atoms with Gasteiger partial charge in [0.25, 0.3) is 5.91 Å². The Kier molecular flexibility index (Phi) is 6.37. The predicted octanol–water partition coefficient (Wildman–Crippen LogP) is 4.42. The van der Waals surface area contributed by atoms with E-state index in [0.29, 0.717) is 22.6 Å². The van der Waals surface area contributed by atoms with E-state index in [2.05, 4.69) is 5.32 Å². The summed E-state index contributed by atoms with van der Waals surface area (Å²) in [6.07, 6.45) is 2.98. The number of nitrogens with one attached hydrogen (secondary N) is 1. The van der Waals surface area contributed by atoms with E-state index in [0.717, 1.165) is 0 Å². The van der Waals surface area contributed by atoms with Crippen molar-refractivity contribution in [2.24, 2.45) is 0 Å². The van der Waals surface area contributed by atoms with E-state index in [1.54, 1.807) is 66.7 Å². The van der Waals surface area contributed by atoms with Crippen molar-refractivity contribution in [2.45, 2.75) is 13.0 Å². The Hall–Kier alpha value is -3.93. The van der Waals surface area contributed by atoms with Crippen LogP contribution in [0.2, 0.25) is 0 Å². The third-order valence-corrected chi connectivity index (χ3v) is 4.04. The maximum absolute atomic E-state index is 12.8. The summed E-state index contributed by atoms with van der Waals surface area (Å²) in [5.74, 6) is -0.849. The second-order valence-corrected chi connectivity index (χ2v) is 6.20. The molecule has 3 rings (SSSR count). The number of hydrogen-bond donors (Lipinski definition) is 1. The number of Topliss-reactive ketones (excluding diaryl/α,β-unsaturated/α-hetero) is 1. The Balaban J connectivity index is 1.78. The minimum Gasteiger partial charge on any atom is -0.465 e. The summed E-state index contributed by atoms with van der Waals surface area (Å²) in [6.45, 7) is 1.45. The molecular weight excluding hydrogens is 370 g/mol. The van der Waals surface area contributed by atoms with E-state index in [4.69, 9.17) is 9.15 Å². The van der Waals surface area contributed by atoms with Crippen LogP contribution < -0.4 is 5.32 Å². The van der Waals surface area contributed by atoms with Crippen LogP contribution in [0, 0.1) is 0 Å². The Morgan fingerprint density at radius 2 is 1.79 bits per heavy atom. The number of benzene rings is 2. The largest absolute Gasteiger partial charge is 0.465 e. The number of esters is 1. The van der Waals surface area contributed by atoms with Crippen molar-refractivity contribution in [3.05, 3.63) is 96.0 Å². The number of rotatable bonds is 7.